The van der Waals surface area contributed by atoms with Crippen molar-refractivity contribution in [2.75, 3.05) is 32.8 Å². The van der Waals surface area contributed by atoms with Gasteiger partial charge in [-0.2, -0.15) is 5.10 Å². The van der Waals surface area contributed by atoms with E-state index in [9.17, 15) is 0 Å². The lowest BCUT2D eigenvalue weighted by Crippen LogP contribution is -2.40. The van der Waals surface area contributed by atoms with Crippen LogP contribution >= 0.6 is 11.6 Å². The van der Waals surface area contributed by atoms with Gasteiger partial charge in [-0.05, 0) is 36.2 Å². The zero-order valence-corrected chi connectivity index (χ0v) is 16.6. The van der Waals surface area contributed by atoms with E-state index in [1.54, 1.807) is 0 Å². The molecule has 0 unspecified atom stereocenters. The van der Waals surface area contributed by atoms with Crippen LogP contribution in [0.3, 0.4) is 0 Å². The Kier molecular flexibility index (Phi) is 6.57. The Hall–Kier alpha value is -1.56. The third-order valence-corrected chi connectivity index (χ3v) is 4.79. The molecule has 0 bridgehead atoms. The first kappa shape index (κ1) is 19.2. The summed E-state index contributed by atoms with van der Waals surface area (Å²) in [6.07, 6.45) is 0.855. The lowest BCUT2D eigenvalue weighted by Gasteiger charge is -2.33. The molecule has 0 aliphatic carbocycles. The molecular weight excluding hydrogens is 350 g/mol. The van der Waals surface area contributed by atoms with Crippen LogP contribution in [0.15, 0.2) is 30.3 Å². The van der Waals surface area contributed by atoms with Gasteiger partial charge in [0.15, 0.2) is 0 Å². The zero-order chi connectivity index (χ0) is 18.5. The van der Waals surface area contributed by atoms with Gasteiger partial charge in [0.25, 0.3) is 0 Å². The molecule has 1 aromatic carbocycles. The van der Waals surface area contributed by atoms with Gasteiger partial charge in [0.1, 0.15) is 11.9 Å². The van der Waals surface area contributed by atoms with Crippen molar-refractivity contribution >= 4 is 11.6 Å². The number of aryl methyl sites for hydroxylation is 1. The lowest BCUT2D eigenvalue weighted by atomic mass is 10.1. The summed E-state index contributed by atoms with van der Waals surface area (Å²) in [6, 6.07) is 9.59. The van der Waals surface area contributed by atoms with E-state index in [1.165, 1.54) is 0 Å². The van der Waals surface area contributed by atoms with E-state index in [0.29, 0.717) is 17.5 Å². The van der Waals surface area contributed by atoms with E-state index in [1.807, 2.05) is 36.0 Å². The highest BCUT2D eigenvalue weighted by Gasteiger charge is 2.25. The second-order valence-electron chi connectivity index (χ2n) is 7.25. The van der Waals surface area contributed by atoms with Crippen LogP contribution in [0.4, 0.5) is 0 Å². The molecule has 1 fully saturated rings. The maximum atomic E-state index is 5.97. The van der Waals surface area contributed by atoms with Crippen LogP contribution in [0.25, 0.3) is 0 Å². The molecule has 2 aromatic rings. The largest absolute Gasteiger partial charge is 0.493 e. The van der Waals surface area contributed by atoms with Crippen LogP contribution in [-0.4, -0.2) is 47.5 Å². The molecule has 1 aromatic heterocycles. The van der Waals surface area contributed by atoms with Crippen molar-refractivity contribution in [1.82, 2.24) is 14.7 Å². The summed E-state index contributed by atoms with van der Waals surface area (Å²) in [7, 11) is 1.98. The fraction of sp³-hybridized carbons (Fsp3) is 0.550. The molecule has 0 spiro atoms. The van der Waals surface area contributed by atoms with Gasteiger partial charge in [0.2, 0.25) is 0 Å². The van der Waals surface area contributed by atoms with E-state index in [4.69, 9.17) is 21.1 Å². The van der Waals surface area contributed by atoms with E-state index < -0.39 is 0 Å². The van der Waals surface area contributed by atoms with Crippen LogP contribution in [0.2, 0.25) is 5.02 Å². The summed E-state index contributed by atoms with van der Waals surface area (Å²) >= 11 is 5.89. The van der Waals surface area contributed by atoms with Crippen molar-refractivity contribution in [3.8, 4) is 5.75 Å². The summed E-state index contributed by atoms with van der Waals surface area (Å²) < 4.78 is 13.7. The van der Waals surface area contributed by atoms with Gasteiger partial charge in [0.05, 0.1) is 18.9 Å². The lowest BCUT2D eigenvalue weighted by molar-refractivity contribution is -0.0354. The quantitative estimate of drug-likeness (QED) is 0.737. The van der Waals surface area contributed by atoms with Gasteiger partial charge >= 0.3 is 0 Å². The van der Waals surface area contributed by atoms with Crippen LogP contribution in [0.5, 0.6) is 5.75 Å². The predicted octanol–water partition coefficient (Wildman–Crippen LogP) is 3.72. The summed E-state index contributed by atoms with van der Waals surface area (Å²) in [6.45, 7) is 8.90. The van der Waals surface area contributed by atoms with E-state index in [-0.39, 0.29) is 6.10 Å². The fourth-order valence-electron chi connectivity index (χ4n) is 3.29. The molecular formula is C20H28ClN3O2. The van der Waals surface area contributed by atoms with E-state index in [0.717, 1.165) is 49.8 Å². The molecule has 0 amide bonds. The maximum absolute atomic E-state index is 5.97. The summed E-state index contributed by atoms with van der Waals surface area (Å²) in [5, 5.41) is 5.39. The van der Waals surface area contributed by atoms with Gasteiger partial charge in [0, 0.05) is 43.8 Å². The number of nitrogens with zero attached hydrogens (tertiary/aromatic N) is 3. The van der Waals surface area contributed by atoms with Crippen molar-refractivity contribution in [1.29, 1.82) is 0 Å². The van der Waals surface area contributed by atoms with Gasteiger partial charge < -0.3 is 9.47 Å². The number of hydrogen-bond acceptors (Lipinski definition) is 4. The average Bonchev–Trinajstić information content (AvgIpc) is 2.97. The van der Waals surface area contributed by atoms with Crippen molar-refractivity contribution in [3.05, 3.63) is 46.7 Å². The number of rotatable bonds is 7. The topological polar surface area (TPSA) is 39.5 Å². The minimum atomic E-state index is 0.0552. The maximum Gasteiger partial charge on any atom is 0.119 e. The summed E-state index contributed by atoms with van der Waals surface area (Å²) in [5.41, 5.74) is 2.17. The van der Waals surface area contributed by atoms with Crippen LogP contribution in [0, 0.1) is 5.92 Å². The normalized spacial score (nSPS) is 18.4. The second kappa shape index (κ2) is 8.89. The zero-order valence-electron chi connectivity index (χ0n) is 15.8. The highest BCUT2D eigenvalue weighted by molar-refractivity contribution is 6.30. The van der Waals surface area contributed by atoms with Crippen LogP contribution in [0.1, 0.15) is 31.3 Å². The number of ether oxygens (including phenoxy) is 2. The third kappa shape index (κ3) is 5.22. The molecule has 1 atom stereocenters. The molecule has 0 radical (unpaired) electrons. The number of hydrogen-bond donors (Lipinski definition) is 0. The molecule has 6 heteroatoms. The Balaban J connectivity index is 1.55. The van der Waals surface area contributed by atoms with Gasteiger partial charge in [-0.3, -0.25) is 9.58 Å². The molecule has 26 heavy (non-hydrogen) atoms. The minimum absolute atomic E-state index is 0.0552. The monoisotopic (exact) mass is 377 g/mol. The minimum Gasteiger partial charge on any atom is -0.493 e. The smallest absolute Gasteiger partial charge is 0.119 e. The Labute approximate surface area is 160 Å². The van der Waals surface area contributed by atoms with Crippen LogP contribution < -0.4 is 4.74 Å². The summed E-state index contributed by atoms with van der Waals surface area (Å²) in [5.74, 6) is 1.50. The van der Waals surface area contributed by atoms with E-state index >= 15 is 0 Å². The molecule has 1 aliphatic heterocycles. The first-order valence-electron chi connectivity index (χ1n) is 9.26. The number of morpholine rings is 1. The van der Waals surface area contributed by atoms with Crippen molar-refractivity contribution < 1.29 is 9.47 Å². The molecule has 5 nitrogen and oxygen atoms in total. The summed E-state index contributed by atoms with van der Waals surface area (Å²) in [4.78, 5) is 2.47. The molecule has 3 rings (SSSR count). The van der Waals surface area contributed by atoms with E-state index in [2.05, 4.69) is 29.9 Å². The predicted molar refractivity (Wildman–Crippen MR) is 104 cm³/mol. The van der Waals surface area contributed by atoms with Gasteiger partial charge in [-0.25, -0.2) is 0 Å². The van der Waals surface area contributed by atoms with Crippen molar-refractivity contribution in [2.24, 2.45) is 13.0 Å². The molecule has 0 saturated carbocycles. The number of aromatic nitrogens is 2. The van der Waals surface area contributed by atoms with Gasteiger partial charge in [-0.1, -0.05) is 25.4 Å². The van der Waals surface area contributed by atoms with Crippen molar-refractivity contribution in [3.63, 3.8) is 0 Å². The first-order chi connectivity index (χ1) is 12.5. The SMILES string of the molecule is CC(C)CN1CCO[C@H](c2cc(CCOc3ccc(Cl)cc3)n(C)n2)C1. The molecule has 2 heterocycles. The number of halogens is 1. The highest BCUT2D eigenvalue weighted by atomic mass is 35.5. The Morgan fingerprint density at radius 2 is 2.08 bits per heavy atom. The standard InChI is InChI=1S/C20H28ClN3O2/c1-15(2)13-24-9-11-26-20(14-24)19-12-17(23(3)22-19)8-10-25-18-6-4-16(21)5-7-18/h4-7,12,15,20H,8-11,13-14H2,1-3H3/t20-/m0/s1. The first-order valence-corrected chi connectivity index (χ1v) is 9.64. The van der Waals surface area contributed by atoms with Gasteiger partial charge in [-0.15, -0.1) is 0 Å². The molecule has 1 saturated heterocycles. The fourth-order valence-corrected chi connectivity index (χ4v) is 3.42. The average molecular weight is 378 g/mol. The number of benzene rings is 1. The van der Waals surface area contributed by atoms with Crippen molar-refractivity contribution in [2.45, 2.75) is 26.4 Å². The molecule has 0 N–H and O–H groups in total. The molecule has 1 aliphatic rings. The Bertz CT molecular complexity index is 700. The Morgan fingerprint density at radius 1 is 1.31 bits per heavy atom. The molecule has 142 valence electrons. The Morgan fingerprint density at radius 3 is 2.81 bits per heavy atom. The highest BCUT2D eigenvalue weighted by Crippen LogP contribution is 2.23. The second-order valence-corrected chi connectivity index (χ2v) is 7.69. The van der Waals surface area contributed by atoms with Crippen LogP contribution in [-0.2, 0) is 18.2 Å². The third-order valence-electron chi connectivity index (χ3n) is 4.54.